The Morgan fingerprint density at radius 1 is 1.03 bits per heavy atom. The topological polar surface area (TPSA) is 86.7 Å². The highest BCUT2D eigenvalue weighted by atomic mass is 32.2. The van der Waals surface area contributed by atoms with Crippen molar-refractivity contribution in [2.75, 3.05) is 14.2 Å². The van der Waals surface area contributed by atoms with Crippen LogP contribution in [0.1, 0.15) is 53.4 Å². The molecule has 0 saturated heterocycles. The molecule has 0 aliphatic heterocycles. The normalized spacial score (nSPS) is 26.9. The molecule has 0 radical (unpaired) electrons. The van der Waals surface area contributed by atoms with E-state index in [9.17, 15) is 18.0 Å². The fourth-order valence-electron chi connectivity index (χ4n) is 6.63. The van der Waals surface area contributed by atoms with Gasteiger partial charge in [-0.1, -0.05) is 51.0 Å². The van der Waals surface area contributed by atoms with Crippen LogP contribution in [0.5, 0.6) is 0 Å². The zero-order chi connectivity index (χ0) is 25.1. The molecule has 1 aromatic carbocycles. The lowest BCUT2D eigenvalue weighted by atomic mass is 9.66. The predicted molar refractivity (Wildman–Crippen MR) is 128 cm³/mol. The molecule has 6 nitrogen and oxygen atoms in total. The van der Waals surface area contributed by atoms with Crippen molar-refractivity contribution in [1.82, 2.24) is 0 Å². The summed E-state index contributed by atoms with van der Waals surface area (Å²) in [4.78, 5) is 26.6. The second kappa shape index (κ2) is 8.36. The zero-order valence-electron chi connectivity index (χ0n) is 20.8. The number of allylic oxidation sites excluding steroid dienone is 4. The van der Waals surface area contributed by atoms with E-state index in [1.54, 1.807) is 30.3 Å². The van der Waals surface area contributed by atoms with E-state index >= 15 is 0 Å². The summed E-state index contributed by atoms with van der Waals surface area (Å²) in [5.41, 5.74) is 0.922. The minimum atomic E-state index is -3.97. The molecule has 0 unspecified atom stereocenters. The molecule has 7 heteroatoms. The smallest absolute Gasteiger partial charge is 0.323 e. The van der Waals surface area contributed by atoms with Crippen molar-refractivity contribution in [2.24, 2.45) is 28.6 Å². The van der Waals surface area contributed by atoms with Crippen molar-refractivity contribution in [1.29, 1.82) is 0 Å². The van der Waals surface area contributed by atoms with Crippen LogP contribution in [0.25, 0.3) is 0 Å². The van der Waals surface area contributed by atoms with Crippen LogP contribution in [-0.4, -0.2) is 34.6 Å². The Hall–Kier alpha value is -2.41. The fraction of sp³-hybridized carbons (Fsp3) is 0.556. The summed E-state index contributed by atoms with van der Waals surface area (Å²) in [6.07, 6.45) is 1.83. The molecule has 1 saturated carbocycles. The lowest BCUT2D eigenvalue weighted by Gasteiger charge is -2.40. The SMILES string of the molecule is CCC[C@H]1C(C)=C2CC(C(=O)OC)(C(=O)OC)CC(S(=O)(=O)c3ccccc3)=C2[C@H]2[C@@H]1C2(C)C. The lowest BCUT2D eigenvalue weighted by Crippen LogP contribution is -2.45. The van der Waals surface area contributed by atoms with Gasteiger partial charge in [-0.25, -0.2) is 8.42 Å². The van der Waals surface area contributed by atoms with Gasteiger partial charge in [0.15, 0.2) is 5.41 Å². The van der Waals surface area contributed by atoms with E-state index in [1.165, 1.54) is 14.2 Å². The van der Waals surface area contributed by atoms with E-state index in [-0.39, 0.29) is 39.9 Å². The van der Waals surface area contributed by atoms with Crippen molar-refractivity contribution in [2.45, 2.75) is 58.3 Å². The maximum absolute atomic E-state index is 14.1. The molecule has 184 valence electrons. The fourth-order valence-corrected chi connectivity index (χ4v) is 8.41. The summed E-state index contributed by atoms with van der Waals surface area (Å²) in [6.45, 7) is 8.58. The van der Waals surface area contributed by atoms with Gasteiger partial charge in [-0.15, -0.1) is 0 Å². The Kier molecular flexibility index (Phi) is 6.08. The molecular formula is C27H34O6S. The van der Waals surface area contributed by atoms with Gasteiger partial charge in [0.2, 0.25) is 9.84 Å². The second-order valence-corrected chi connectivity index (χ2v) is 12.4. The molecule has 3 aliphatic carbocycles. The first kappa shape index (κ1) is 24.7. The third kappa shape index (κ3) is 3.38. The third-order valence-electron chi connectivity index (χ3n) is 8.38. The molecule has 3 aliphatic rings. The summed E-state index contributed by atoms with van der Waals surface area (Å²) in [5, 5.41) is 0. The first-order valence-corrected chi connectivity index (χ1v) is 13.4. The summed E-state index contributed by atoms with van der Waals surface area (Å²) in [7, 11) is -1.52. The van der Waals surface area contributed by atoms with Gasteiger partial charge in [0.25, 0.3) is 0 Å². The number of hydrogen-bond acceptors (Lipinski definition) is 6. The van der Waals surface area contributed by atoms with E-state index in [4.69, 9.17) is 9.47 Å². The molecule has 0 spiro atoms. The molecule has 0 bridgehead atoms. The Morgan fingerprint density at radius 2 is 1.62 bits per heavy atom. The number of benzene rings is 1. The molecule has 34 heavy (non-hydrogen) atoms. The van der Waals surface area contributed by atoms with Crippen LogP contribution < -0.4 is 0 Å². The van der Waals surface area contributed by atoms with Gasteiger partial charge in [0.1, 0.15) is 0 Å². The number of carbonyl (C=O) groups is 2. The van der Waals surface area contributed by atoms with Crippen molar-refractivity contribution in [3.63, 3.8) is 0 Å². The van der Waals surface area contributed by atoms with Crippen LogP contribution >= 0.6 is 0 Å². The van der Waals surface area contributed by atoms with Gasteiger partial charge in [0.05, 0.1) is 24.0 Å². The standard InChI is InChI=1S/C27H34O6S/c1-7-11-18-16(2)19-14-27(24(28)32-5,25(29)33-6)15-20(21(19)23-22(18)26(23,3)4)34(30,31)17-12-9-8-10-13-17/h8-10,12-13,18,22-23H,7,11,14-15H2,1-6H3/t18-,22+,23-/m0/s1. The highest BCUT2D eigenvalue weighted by Crippen LogP contribution is 2.73. The average Bonchev–Trinajstić information content (AvgIpc) is 3.41. The Morgan fingerprint density at radius 3 is 2.15 bits per heavy atom. The highest BCUT2D eigenvalue weighted by molar-refractivity contribution is 7.95. The van der Waals surface area contributed by atoms with Crippen molar-refractivity contribution < 1.29 is 27.5 Å². The molecule has 4 rings (SSSR count). The number of rotatable bonds is 6. The largest absolute Gasteiger partial charge is 0.468 e. The van der Waals surface area contributed by atoms with E-state index < -0.39 is 27.2 Å². The summed E-state index contributed by atoms with van der Waals surface area (Å²) in [5.74, 6) is -0.816. The van der Waals surface area contributed by atoms with Gasteiger partial charge in [0, 0.05) is 6.42 Å². The number of sulfone groups is 1. The van der Waals surface area contributed by atoms with Gasteiger partial charge >= 0.3 is 11.9 Å². The highest BCUT2D eigenvalue weighted by Gasteiger charge is 2.68. The zero-order valence-corrected chi connectivity index (χ0v) is 21.6. The Bertz CT molecular complexity index is 1170. The molecule has 1 aromatic rings. The summed E-state index contributed by atoms with van der Waals surface area (Å²) >= 11 is 0. The quantitative estimate of drug-likeness (QED) is 0.422. The maximum atomic E-state index is 14.1. The number of carbonyl (C=O) groups excluding carboxylic acids is 2. The summed E-state index contributed by atoms with van der Waals surface area (Å²) in [6, 6.07) is 8.24. The molecule has 1 fully saturated rings. The van der Waals surface area contributed by atoms with Crippen molar-refractivity contribution in [3.05, 3.63) is 52.0 Å². The first-order valence-electron chi connectivity index (χ1n) is 11.9. The van der Waals surface area contributed by atoms with Gasteiger partial charge in [-0.3, -0.25) is 9.59 Å². The number of esters is 2. The van der Waals surface area contributed by atoms with Crippen LogP contribution in [0.15, 0.2) is 56.9 Å². The lowest BCUT2D eigenvalue weighted by molar-refractivity contribution is -0.169. The Balaban J connectivity index is 2.05. The number of hydrogen-bond donors (Lipinski definition) is 0. The molecule has 0 N–H and O–H groups in total. The van der Waals surface area contributed by atoms with E-state index in [2.05, 4.69) is 20.8 Å². The minimum Gasteiger partial charge on any atom is -0.468 e. The number of methoxy groups -OCH3 is 2. The monoisotopic (exact) mass is 486 g/mol. The molecule has 3 atom stereocenters. The van der Waals surface area contributed by atoms with E-state index in [0.717, 1.165) is 29.6 Å². The van der Waals surface area contributed by atoms with Crippen LogP contribution in [0.3, 0.4) is 0 Å². The van der Waals surface area contributed by atoms with Crippen molar-refractivity contribution in [3.8, 4) is 0 Å². The van der Waals surface area contributed by atoms with Crippen LogP contribution in [-0.2, 0) is 28.9 Å². The maximum Gasteiger partial charge on any atom is 0.323 e. The minimum absolute atomic E-state index is 0.0633. The van der Waals surface area contributed by atoms with Crippen LogP contribution in [0.4, 0.5) is 0 Å². The second-order valence-electron chi connectivity index (χ2n) is 10.5. The van der Waals surface area contributed by atoms with E-state index in [1.807, 2.05) is 6.92 Å². The predicted octanol–water partition coefficient (Wildman–Crippen LogP) is 4.86. The molecule has 0 heterocycles. The average molecular weight is 487 g/mol. The van der Waals surface area contributed by atoms with Gasteiger partial charge in [-0.05, 0) is 66.2 Å². The molecule has 0 aromatic heterocycles. The summed E-state index contributed by atoms with van der Waals surface area (Å²) < 4.78 is 38.3. The number of ether oxygens (including phenoxy) is 2. The van der Waals surface area contributed by atoms with Crippen LogP contribution in [0.2, 0.25) is 0 Å². The van der Waals surface area contributed by atoms with Crippen LogP contribution in [0, 0.1) is 28.6 Å². The van der Waals surface area contributed by atoms with Gasteiger partial charge in [-0.2, -0.15) is 0 Å². The number of fused-ring (bicyclic) bond motifs is 3. The molecule has 0 amide bonds. The molecular weight excluding hydrogens is 452 g/mol. The Labute approximate surface area is 202 Å². The first-order chi connectivity index (χ1) is 16.0. The van der Waals surface area contributed by atoms with E-state index in [0.29, 0.717) is 5.92 Å². The van der Waals surface area contributed by atoms with Crippen molar-refractivity contribution >= 4 is 21.8 Å². The van der Waals surface area contributed by atoms with Gasteiger partial charge < -0.3 is 9.47 Å². The third-order valence-corrected chi connectivity index (χ3v) is 10.3.